The van der Waals surface area contributed by atoms with E-state index < -0.39 is 13.0 Å². The van der Waals surface area contributed by atoms with E-state index in [9.17, 15) is 13.6 Å². The summed E-state index contributed by atoms with van der Waals surface area (Å²) in [7, 11) is 1.70. The molecule has 0 bridgehead atoms. The standard InChI is InChI=1S/C11H15ClF2N2O2/c1-7-11(12)9(16(2)15-7)5-8(17)3-4-18-6-10(13)14/h10H,3-6H2,1-2H3. The van der Waals surface area contributed by atoms with E-state index >= 15 is 0 Å². The van der Waals surface area contributed by atoms with E-state index in [4.69, 9.17) is 11.6 Å². The van der Waals surface area contributed by atoms with Gasteiger partial charge in [-0.1, -0.05) is 11.6 Å². The molecule has 0 saturated heterocycles. The Balaban J connectivity index is 2.40. The summed E-state index contributed by atoms with van der Waals surface area (Å²) < 4.78 is 29.7. The molecule has 18 heavy (non-hydrogen) atoms. The first-order valence-electron chi connectivity index (χ1n) is 5.47. The summed E-state index contributed by atoms with van der Waals surface area (Å²) in [4.78, 5) is 11.6. The molecule has 1 aromatic heterocycles. The van der Waals surface area contributed by atoms with Crippen molar-refractivity contribution in [1.82, 2.24) is 9.78 Å². The van der Waals surface area contributed by atoms with Crippen molar-refractivity contribution >= 4 is 17.4 Å². The third kappa shape index (κ3) is 4.34. The second-order valence-electron chi connectivity index (χ2n) is 3.90. The van der Waals surface area contributed by atoms with Gasteiger partial charge in [-0.05, 0) is 6.92 Å². The number of nitrogens with zero attached hydrogens (tertiary/aromatic N) is 2. The zero-order valence-electron chi connectivity index (χ0n) is 10.3. The van der Waals surface area contributed by atoms with Gasteiger partial charge in [-0.2, -0.15) is 5.10 Å². The van der Waals surface area contributed by atoms with Crippen molar-refractivity contribution < 1.29 is 18.3 Å². The number of rotatable bonds is 7. The molecule has 0 N–H and O–H groups in total. The molecular formula is C11H15ClF2N2O2. The van der Waals surface area contributed by atoms with Crippen molar-refractivity contribution in [3.8, 4) is 0 Å². The van der Waals surface area contributed by atoms with Crippen LogP contribution in [0.1, 0.15) is 17.8 Å². The zero-order chi connectivity index (χ0) is 13.7. The van der Waals surface area contributed by atoms with Gasteiger partial charge in [-0.25, -0.2) is 8.78 Å². The number of aryl methyl sites for hydroxylation is 2. The van der Waals surface area contributed by atoms with E-state index in [2.05, 4.69) is 9.84 Å². The molecule has 4 nitrogen and oxygen atoms in total. The van der Waals surface area contributed by atoms with Crippen LogP contribution < -0.4 is 0 Å². The molecule has 1 aromatic rings. The minimum atomic E-state index is -2.51. The summed E-state index contributed by atoms with van der Waals surface area (Å²) in [6.07, 6.45) is -2.28. The molecule has 0 radical (unpaired) electrons. The lowest BCUT2D eigenvalue weighted by Crippen LogP contribution is -2.12. The molecule has 1 heterocycles. The Hall–Kier alpha value is -1.01. The van der Waals surface area contributed by atoms with E-state index in [0.717, 1.165) is 0 Å². The number of ether oxygens (including phenoxy) is 1. The van der Waals surface area contributed by atoms with Crippen molar-refractivity contribution in [2.45, 2.75) is 26.2 Å². The quantitative estimate of drug-likeness (QED) is 0.719. The Morgan fingerprint density at radius 3 is 2.72 bits per heavy atom. The monoisotopic (exact) mass is 280 g/mol. The van der Waals surface area contributed by atoms with E-state index in [1.54, 1.807) is 18.7 Å². The predicted molar refractivity (Wildman–Crippen MR) is 63.1 cm³/mol. The molecule has 7 heteroatoms. The normalized spacial score (nSPS) is 11.2. The summed E-state index contributed by atoms with van der Waals surface area (Å²) in [6.45, 7) is 1.11. The van der Waals surface area contributed by atoms with E-state index in [0.29, 0.717) is 16.4 Å². The van der Waals surface area contributed by atoms with Crippen LogP contribution in [0.3, 0.4) is 0 Å². The van der Waals surface area contributed by atoms with Gasteiger partial charge in [0.2, 0.25) is 0 Å². The zero-order valence-corrected chi connectivity index (χ0v) is 11.0. The first kappa shape index (κ1) is 15.0. The number of carbonyl (C=O) groups is 1. The minimum Gasteiger partial charge on any atom is -0.375 e. The van der Waals surface area contributed by atoms with Crippen LogP contribution in [0.25, 0.3) is 0 Å². The second-order valence-corrected chi connectivity index (χ2v) is 4.28. The molecule has 0 saturated carbocycles. The maximum absolute atomic E-state index is 11.8. The Morgan fingerprint density at radius 2 is 2.22 bits per heavy atom. The lowest BCUT2D eigenvalue weighted by atomic mass is 10.1. The first-order chi connectivity index (χ1) is 8.41. The van der Waals surface area contributed by atoms with Crippen LogP contribution in [0.2, 0.25) is 5.02 Å². The Kier molecular flexibility index (Phi) is 5.68. The largest absolute Gasteiger partial charge is 0.375 e. The highest BCUT2D eigenvalue weighted by Gasteiger charge is 2.14. The molecule has 1 rings (SSSR count). The highest BCUT2D eigenvalue weighted by atomic mass is 35.5. The number of Topliss-reactive ketones (excluding diaryl/α,β-unsaturated/α-hetero) is 1. The van der Waals surface area contributed by atoms with Crippen molar-refractivity contribution in [3.05, 3.63) is 16.4 Å². The first-order valence-corrected chi connectivity index (χ1v) is 5.85. The average molecular weight is 281 g/mol. The topological polar surface area (TPSA) is 44.1 Å². The van der Waals surface area contributed by atoms with Crippen LogP contribution in [0, 0.1) is 6.92 Å². The Labute approximate surface area is 109 Å². The van der Waals surface area contributed by atoms with Crippen LogP contribution >= 0.6 is 11.6 Å². The number of halogens is 3. The predicted octanol–water partition coefficient (Wildman–Crippen LogP) is 2.17. The minimum absolute atomic E-state index is 0.00236. The fourth-order valence-corrected chi connectivity index (χ4v) is 1.73. The van der Waals surface area contributed by atoms with Gasteiger partial charge in [-0.3, -0.25) is 9.48 Å². The summed E-state index contributed by atoms with van der Waals surface area (Å²) in [5, 5.41) is 4.56. The van der Waals surface area contributed by atoms with Crippen molar-refractivity contribution in [3.63, 3.8) is 0 Å². The summed E-state index contributed by atoms with van der Waals surface area (Å²) in [5.41, 5.74) is 1.30. The van der Waals surface area contributed by atoms with Crippen molar-refractivity contribution in [1.29, 1.82) is 0 Å². The molecule has 0 atom stereocenters. The van der Waals surface area contributed by atoms with Gasteiger partial charge in [0.15, 0.2) is 0 Å². The maximum atomic E-state index is 11.8. The molecule has 0 unspecified atom stereocenters. The smallest absolute Gasteiger partial charge is 0.261 e. The lowest BCUT2D eigenvalue weighted by Gasteiger charge is -2.04. The van der Waals surface area contributed by atoms with Gasteiger partial charge in [0, 0.05) is 19.9 Å². The highest BCUT2D eigenvalue weighted by Crippen LogP contribution is 2.20. The van der Waals surface area contributed by atoms with Gasteiger partial charge in [0.1, 0.15) is 12.4 Å². The fourth-order valence-electron chi connectivity index (χ4n) is 1.51. The molecular weight excluding hydrogens is 266 g/mol. The van der Waals surface area contributed by atoms with Gasteiger partial charge in [-0.15, -0.1) is 0 Å². The number of aromatic nitrogens is 2. The highest BCUT2D eigenvalue weighted by molar-refractivity contribution is 6.32. The van der Waals surface area contributed by atoms with Gasteiger partial charge >= 0.3 is 0 Å². The van der Waals surface area contributed by atoms with E-state index in [1.165, 1.54) is 0 Å². The summed E-state index contributed by atoms with van der Waals surface area (Å²) in [6, 6.07) is 0. The van der Waals surface area contributed by atoms with Gasteiger partial charge in [0.05, 0.1) is 23.0 Å². The van der Waals surface area contributed by atoms with Crippen molar-refractivity contribution in [2.24, 2.45) is 7.05 Å². The maximum Gasteiger partial charge on any atom is 0.261 e. The van der Waals surface area contributed by atoms with Crippen LogP contribution in [0.15, 0.2) is 0 Å². The van der Waals surface area contributed by atoms with Crippen LogP contribution in [-0.2, 0) is 23.0 Å². The summed E-state index contributed by atoms with van der Waals surface area (Å²) in [5.74, 6) is -0.117. The Bertz CT molecular complexity index is 421. The molecule has 0 aliphatic rings. The van der Waals surface area contributed by atoms with E-state index in [1.807, 2.05) is 0 Å². The summed E-state index contributed by atoms with van der Waals surface area (Å²) >= 11 is 6.00. The fraction of sp³-hybridized carbons (Fsp3) is 0.636. The van der Waals surface area contributed by atoms with Crippen LogP contribution in [0.4, 0.5) is 8.78 Å². The number of hydrogen-bond acceptors (Lipinski definition) is 3. The van der Waals surface area contributed by atoms with Gasteiger partial charge < -0.3 is 4.74 Å². The Morgan fingerprint density at radius 1 is 1.56 bits per heavy atom. The van der Waals surface area contributed by atoms with Crippen molar-refractivity contribution in [2.75, 3.05) is 13.2 Å². The average Bonchev–Trinajstić information content (AvgIpc) is 2.51. The SMILES string of the molecule is Cc1nn(C)c(CC(=O)CCOCC(F)F)c1Cl. The molecule has 0 amide bonds. The lowest BCUT2D eigenvalue weighted by molar-refractivity contribution is -0.120. The van der Waals surface area contributed by atoms with E-state index in [-0.39, 0.29) is 25.2 Å². The third-order valence-corrected chi connectivity index (χ3v) is 2.89. The number of hydrogen-bond donors (Lipinski definition) is 0. The second kappa shape index (κ2) is 6.80. The van der Waals surface area contributed by atoms with Crippen LogP contribution in [-0.4, -0.2) is 35.2 Å². The molecule has 0 aliphatic heterocycles. The number of alkyl halides is 2. The van der Waals surface area contributed by atoms with Gasteiger partial charge in [0.25, 0.3) is 6.43 Å². The molecule has 0 fully saturated rings. The molecule has 0 aromatic carbocycles. The molecule has 0 aliphatic carbocycles. The number of ketones is 1. The number of carbonyl (C=O) groups excluding carboxylic acids is 1. The van der Waals surface area contributed by atoms with Crippen LogP contribution in [0.5, 0.6) is 0 Å². The third-order valence-electron chi connectivity index (χ3n) is 2.40. The molecule has 0 spiro atoms. The molecule has 102 valence electrons.